The molecule has 572 valence electrons. The average molecular weight is 1420 g/mol. The second-order valence-electron chi connectivity index (χ2n) is 27.9. The largest absolute Gasteiger partial charge is 0.472 e. The molecule has 0 aromatic heterocycles. The zero-order chi connectivity index (χ0) is 71.2. The zero-order valence-electron chi connectivity index (χ0n) is 62.7. The summed E-state index contributed by atoms with van der Waals surface area (Å²) >= 11 is 0. The SMILES string of the molecule is CCCCCC/C=C\C=C/CCCCCCCC(=O)OC[C@H](COP(=O)(O)OC[C@@H](O)COP(=O)(O)OC[C@@H](COC(=O)CCCCCCCCCCCCC)OC(=O)CCCCCCCCCCCC(C)C)OC(=O)CCCCCCCCCCCCCCCCCCCCC. The Morgan fingerprint density at radius 2 is 0.557 bits per heavy atom. The third-order valence-electron chi connectivity index (χ3n) is 17.7. The summed E-state index contributed by atoms with van der Waals surface area (Å²) in [6.07, 6.45) is 63.2. The van der Waals surface area contributed by atoms with Gasteiger partial charge in [-0.3, -0.25) is 37.3 Å². The molecule has 0 amide bonds. The Balaban J connectivity index is 5.27. The van der Waals surface area contributed by atoms with Gasteiger partial charge in [0, 0.05) is 25.7 Å². The number of hydrogen-bond donors (Lipinski definition) is 3. The standard InChI is InChI=1S/C78H148O17P2/c1-6-9-12-15-18-21-24-26-28-29-30-31-33-35-38-43-48-53-58-63-77(82)94-73(67-89-76(81)62-57-52-47-42-37-34-32-27-25-22-19-16-13-10-7-2)69-92-96(84,85)90-65-72(79)66-91-97(86,87)93-70-74(68-88-75(80)61-56-51-46-41-36-23-20-17-14-11-8-3)95-78(83)64-59-54-49-44-39-40-45-50-55-60-71(4)5/h22,25,27,32,71-74,79H,6-21,23-24,26,28-31,33-70H2,1-5H3,(H,84,85)(H,86,87)/b25-22-,32-27-/t72-,73-,74-/m1/s1. The summed E-state index contributed by atoms with van der Waals surface area (Å²) < 4.78 is 68.5. The van der Waals surface area contributed by atoms with Crippen molar-refractivity contribution in [2.24, 2.45) is 5.92 Å². The summed E-state index contributed by atoms with van der Waals surface area (Å²) in [5, 5.41) is 10.6. The van der Waals surface area contributed by atoms with Crippen LogP contribution in [-0.2, 0) is 65.4 Å². The molecule has 0 radical (unpaired) electrons. The molecule has 0 aromatic carbocycles. The van der Waals surface area contributed by atoms with Crippen molar-refractivity contribution in [2.75, 3.05) is 39.6 Å². The van der Waals surface area contributed by atoms with Crippen LogP contribution in [0.1, 0.15) is 388 Å². The van der Waals surface area contributed by atoms with E-state index in [9.17, 15) is 43.2 Å². The van der Waals surface area contributed by atoms with E-state index >= 15 is 0 Å². The van der Waals surface area contributed by atoms with Crippen molar-refractivity contribution in [3.63, 3.8) is 0 Å². The Kier molecular flexibility index (Phi) is 68.8. The van der Waals surface area contributed by atoms with Crippen molar-refractivity contribution >= 4 is 39.5 Å². The maximum Gasteiger partial charge on any atom is 0.472 e. The number of aliphatic hydroxyl groups is 1. The van der Waals surface area contributed by atoms with Gasteiger partial charge < -0.3 is 33.8 Å². The van der Waals surface area contributed by atoms with Crippen molar-refractivity contribution in [3.05, 3.63) is 24.3 Å². The van der Waals surface area contributed by atoms with E-state index in [1.165, 1.54) is 193 Å². The van der Waals surface area contributed by atoms with E-state index in [1.807, 2.05) is 0 Å². The minimum absolute atomic E-state index is 0.102. The number of esters is 4. The van der Waals surface area contributed by atoms with E-state index in [-0.39, 0.29) is 25.7 Å². The molecule has 0 aliphatic rings. The van der Waals surface area contributed by atoms with Crippen LogP contribution in [0.4, 0.5) is 0 Å². The number of ether oxygens (including phenoxy) is 4. The Hall–Kier alpha value is -2.46. The van der Waals surface area contributed by atoms with Gasteiger partial charge in [0.15, 0.2) is 12.2 Å². The van der Waals surface area contributed by atoms with E-state index in [2.05, 4.69) is 58.9 Å². The number of phosphoric acid groups is 2. The topological polar surface area (TPSA) is 237 Å². The Morgan fingerprint density at radius 3 is 0.845 bits per heavy atom. The molecule has 0 spiro atoms. The Bertz CT molecular complexity index is 1950. The molecule has 17 nitrogen and oxygen atoms in total. The number of aliphatic hydroxyl groups excluding tert-OH is 1. The number of carbonyl (C=O) groups excluding carboxylic acids is 4. The van der Waals surface area contributed by atoms with Crippen LogP contribution in [0.25, 0.3) is 0 Å². The maximum atomic E-state index is 13.1. The Labute approximate surface area is 592 Å². The molecular formula is C78H148O17P2. The van der Waals surface area contributed by atoms with E-state index in [0.29, 0.717) is 25.7 Å². The lowest BCUT2D eigenvalue weighted by atomic mass is 10.0. The van der Waals surface area contributed by atoms with E-state index in [1.54, 1.807) is 0 Å². The van der Waals surface area contributed by atoms with Gasteiger partial charge in [0.05, 0.1) is 26.4 Å². The van der Waals surface area contributed by atoms with Crippen LogP contribution in [-0.4, -0.2) is 96.7 Å². The van der Waals surface area contributed by atoms with Gasteiger partial charge in [-0.2, -0.15) is 0 Å². The normalized spacial score (nSPS) is 14.1. The molecule has 0 rings (SSSR count). The average Bonchev–Trinajstić information content (AvgIpc) is 1.49. The van der Waals surface area contributed by atoms with Crippen LogP contribution in [0, 0.1) is 5.92 Å². The summed E-state index contributed by atoms with van der Waals surface area (Å²) in [5.41, 5.74) is 0. The summed E-state index contributed by atoms with van der Waals surface area (Å²) in [4.78, 5) is 72.9. The van der Waals surface area contributed by atoms with Crippen LogP contribution in [0.3, 0.4) is 0 Å². The smallest absolute Gasteiger partial charge is 0.462 e. The second-order valence-corrected chi connectivity index (χ2v) is 30.8. The van der Waals surface area contributed by atoms with Gasteiger partial charge in [0.1, 0.15) is 19.3 Å². The summed E-state index contributed by atoms with van der Waals surface area (Å²) in [7, 11) is -9.92. The number of hydrogen-bond acceptors (Lipinski definition) is 15. The first kappa shape index (κ1) is 94.5. The molecular weight excluding hydrogens is 1270 g/mol. The zero-order valence-corrected chi connectivity index (χ0v) is 64.5. The second kappa shape index (κ2) is 70.6. The minimum atomic E-state index is -4.97. The van der Waals surface area contributed by atoms with Crippen molar-refractivity contribution in [1.82, 2.24) is 0 Å². The van der Waals surface area contributed by atoms with Crippen LogP contribution in [0.2, 0.25) is 0 Å². The fourth-order valence-corrected chi connectivity index (χ4v) is 13.1. The lowest BCUT2D eigenvalue weighted by molar-refractivity contribution is -0.161. The van der Waals surface area contributed by atoms with Gasteiger partial charge in [-0.15, -0.1) is 0 Å². The van der Waals surface area contributed by atoms with Crippen molar-refractivity contribution in [1.29, 1.82) is 0 Å². The number of phosphoric ester groups is 2. The highest BCUT2D eigenvalue weighted by Crippen LogP contribution is 2.45. The van der Waals surface area contributed by atoms with Gasteiger partial charge >= 0.3 is 39.5 Å². The monoisotopic (exact) mass is 1420 g/mol. The van der Waals surface area contributed by atoms with Gasteiger partial charge in [-0.25, -0.2) is 9.13 Å². The van der Waals surface area contributed by atoms with E-state index < -0.39 is 97.5 Å². The third-order valence-corrected chi connectivity index (χ3v) is 19.6. The van der Waals surface area contributed by atoms with Gasteiger partial charge in [-0.1, -0.05) is 335 Å². The highest BCUT2D eigenvalue weighted by atomic mass is 31.2. The first-order chi connectivity index (χ1) is 47.0. The van der Waals surface area contributed by atoms with Crippen LogP contribution < -0.4 is 0 Å². The van der Waals surface area contributed by atoms with E-state index in [4.69, 9.17) is 37.0 Å². The molecule has 19 heteroatoms. The number of unbranched alkanes of at least 4 members (excludes halogenated alkanes) is 45. The van der Waals surface area contributed by atoms with E-state index in [0.717, 1.165) is 115 Å². The molecule has 0 heterocycles. The predicted octanol–water partition coefficient (Wildman–Crippen LogP) is 22.8. The summed E-state index contributed by atoms with van der Waals surface area (Å²) in [6, 6.07) is 0. The molecule has 97 heavy (non-hydrogen) atoms. The molecule has 0 bridgehead atoms. The van der Waals surface area contributed by atoms with Crippen molar-refractivity contribution in [3.8, 4) is 0 Å². The molecule has 0 saturated heterocycles. The first-order valence-electron chi connectivity index (χ1n) is 40.0. The lowest BCUT2D eigenvalue weighted by Gasteiger charge is -2.21. The maximum absolute atomic E-state index is 13.1. The first-order valence-corrected chi connectivity index (χ1v) is 42.9. The molecule has 0 aromatic rings. The Morgan fingerprint density at radius 1 is 0.320 bits per heavy atom. The number of allylic oxidation sites excluding steroid dienone is 4. The molecule has 5 atom stereocenters. The lowest BCUT2D eigenvalue weighted by Crippen LogP contribution is -2.30. The fourth-order valence-electron chi connectivity index (χ4n) is 11.5. The van der Waals surface area contributed by atoms with Gasteiger partial charge in [0.25, 0.3) is 0 Å². The molecule has 3 N–H and O–H groups in total. The quantitative estimate of drug-likeness (QED) is 0.0169. The molecule has 0 aliphatic heterocycles. The third kappa shape index (κ3) is 71.7. The molecule has 2 unspecified atom stereocenters. The highest BCUT2D eigenvalue weighted by Gasteiger charge is 2.30. The predicted molar refractivity (Wildman–Crippen MR) is 395 cm³/mol. The van der Waals surface area contributed by atoms with Gasteiger partial charge in [-0.05, 0) is 57.3 Å². The van der Waals surface area contributed by atoms with Crippen LogP contribution >= 0.6 is 15.6 Å². The van der Waals surface area contributed by atoms with Crippen LogP contribution in [0.15, 0.2) is 24.3 Å². The number of carbonyl (C=O) groups is 4. The van der Waals surface area contributed by atoms with Crippen molar-refractivity contribution < 1.29 is 80.2 Å². The number of rotatable bonds is 76. The van der Waals surface area contributed by atoms with Crippen molar-refractivity contribution in [2.45, 2.75) is 406 Å². The molecule has 0 fully saturated rings. The highest BCUT2D eigenvalue weighted by molar-refractivity contribution is 7.47. The summed E-state index contributed by atoms with van der Waals surface area (Å²) in [6.45, 7) is 7.21. The van der Waals surface area contributed by atoms with Crippen LogP contribution in [0.5, 0.6) is 0 Å². The molecule has 0 saturated carbocycles. The molecule has 0 aliphatic carbocycles. The fraction of sp³-hybridized carbons (Fsp3) is 0.897. The minimum Gasteiger partial charge on any atom is -0.462 e. The summed E-state index contributed by atoms with van der Waals surface area (Å²) in [5.74, 6) is -1.41. The van der Waals surface area contributed by atoms with Gasteiger partial charge in [0.2, 0.25) is 0 Å².